The smallest absolute Gasteiger partial charge is 0.231 e. The van der Waals surface area contributed by atoms with Crippen LogP contribution in [0.1, 0.15) is 27.0 Å². The molecular formula is C27H23NO6. The van der Waals surface area contributed by atoms with Gasteiger partial charge >= 0.3 is 0 Å². The number of nitrogens with zero attached hydrogens (tertiary/aromatic N) is 1. The number of methoxy groups -OCH3 is 1. The summed E-state index contributed by atoms with van der Waals surface area (Å²) in [5.74, 6) is 3.72. The van der Waals surface area contributed by atoms with E-state index >= 15 is 0 Å². The second kappa shape index (κ2) is 8.43. The average Bonchev–Trinajstić information content (AvgIpc) is 3.47. The summed E-state index contributed by atoms with van der Waals surface area (Å²) in [6, 6.07) is 17.2. The van der Waals surface area contributed by atoms with Gasteiger partial charge in [-0.25, -0.2) is 0 Å². The van der Waals surface area contributed by atoms with Gasteiger partial charge < -0.3 is 23.7 Å². The molecule has 3 aliphatic rings. The number of carbonyl (C=O) groups is 1. The molecule has 0 N–H and O–H groups in total. The van der Waals surface area contributed by atoms with E-state index in [1.165, 1.54) is 0 Å². The zero-order chi connectivity index (χ0) is 23.1. The first-order chi connectivity index (χ1) is 16.7. The fourth-order valence-corrected chi connectivity index (χ4v) is 4.49. The zero-order valence-electron chi connectivity index (χ0n) is 18.7. The molecule has 7 nitrogen and oxygen atoms in total. The van der Waals surface area contributed by atoms with Gasteiger partial charge in [0, 0.05) is 13.1 Å². The number of rotatable bonds is 5. The summed E-state index contributed by atoms with van der Waals surface area (Å²) in [7, 11) is 1.69. The van der Waals surface area contributed by atoms with E-state index in [4.69, 9.17) is 23.7 Å². The van der Waals surface area contributed by atoms with Gasteiger partial charge in [0.15, 0.2) is 17.3 Å². The fourth-order valence-electron chi connectivity index (χ4n) is 4.49. The summed E-state index contributed by atoms with van der Waals surface area (Å²) < 4.78 is 28.4. The van der Waals surface area contributed by atoms with Crippen molar-refractivity contribution in [1.82, 2.24) is 4.90 Å². The molecule has 3 aromatic carbocycles. The Balaban J connectivity index is 1.22. The van der Waals surface area contributed by atoms with Crippen LogP contribution in [-0.2, 0) is 13.0 Å². The lowest BCUT2D eigenvalue weighted by Gasteiger charge is -2.29. The van der Waals surface area contributed by atoms with Crippen LogP contribution in [0.4, 0.5) is 0 Å². The summed E-state index contributed by atoms with van der Waals surface area (Å²) in [5.41, 5.74) is 3.41. The van der Waals surface area contributed by atoms with Crippen LogP contribution >= 0.6 is 0 Å². The van der Waals surface area contributed by atoms with Crippen molar-refractivity contribution in [2.75, 3.05) is 27.2 Å². The third kappa shape index (κ3) is 3.64. The molecule has 172 valence electrons. The SMILES string of the molecule is COc1ccccc1CCN1COc2ccc3c(c2C1)O/C(=C\c1ccc2c(c1)OCO2)C3=O. The topological polar surface area (TPSA) is 66.5 Å². The van der Waals surface area contributed by atoms with Crippen LogP contribution in [0, 0.1) is 0 Å². The number of hydrogen-bond donors (Lipinski definition) is 0. The van der Waals surface area contributed by atoms with Crippen molar-refractivity contribution in [2.45, 2.75) is 13.0 Å². The van der Waals surface area contributed by atoms with Gasteiger partial charge in [0.1, 0.15) is 24.0 Å². The first-order valence-corrected chi connectivity index (χ1v) is 11.2. The molecule has 0 aliphatic carbocycles. The number of benzene rings is 3. The molecule has 0 spiro atoms. The van der Waals surface area contributed by atoms with Gasteiger partial charge in [-0.05, 0) is 54.0 Å². The molecule has 34 heavy (non-hydrogen) atoms. The van der Waals surface area contributed by atoms with E-state index in [0.29, 0.717) is 36.1 Å². The highest BCUT2D eigenvalue weighted by Gasteiger charge is 2.33. The van der Waals surface area contributed by atoms with Crippen molar-refractivity contribution < 1.29 is 28.5 Å². The third-order valence-corrected chi connectivity index (χ3v) is 6.27. The standard InChI is InChI=1S/C27H23NO6/c1-30-21-5-3-2-4-18(21)10-11-28-14-20-22(31-15-28)9-7-19-26(29)25(34-27(19)20)13-17-6-8-23-24(12-17)33-16-32-23/h2-9,12-13H,10-11,14-16H2,1H3/b25-13-. The van der Waals surface area contributed by atoms with E-state index < -0.39 is 0 Å². The summed E-state index contributed by atoms with van der Waals surface area (Å²) in [5, 5.41) is 0. The normalized spacial score (nSPS) is 17.2. The first kappa shape index (κ1) is 20.6. The molecule has 6 rings (SSSR count). The Labute approximate surface area is 197 Å². The number of para-hydroxylation sites is 1. The van der Waals surface area contributed by atoms with Crippen molar-refractivity contribution in [3.05, 3.63) is 82.6 Å². The number of Topliss-reactive ketones (excluding diaryl/α,β-unsaturated/α-hetero) is 1. The molecule has 3 aromatic rings. The van der Waals surface area contributed by atoms with E-state index in [0.717, 1.165) is 41.2 Å². The Kier molecular flexibility index (Phi) is 5.11. The molecular weight excluding hydrogens is 434 g/mol. The third-order valence-electron chi connectivity index (χ3n) is 6.27. The second-order valence-corrected chi connectivity index (χ2v) is 8.36. The quantitative estimate of drug-likeness (QED) is 0.525. The number of hydrogen-bond acceptors (Lipinski definition) is 7. The van der Waals surface area contributed by atoms with E-state index in [2.05, 4.69) is 11.0 Å². The van der Waals surface area contributed by atoms with Crippen molar-refractivity contribution in [3.63, 3.8) is 0 Å². The average molecular weight is 457 g/mol. The van der Waals surface area contributed by atoms with E-state index in [1.54, 1.807) is 19.3 Å². The molecule has 0 fully saturated rings. The Morgan fingerprint density at radius 3 is 2.76 bits per heavy atom. The largest absolute Gasteiger partial charge is 0.496 e. The van der Waals surface area contributed by atoms with Gasteiger partial charge in [0.25, 0.3) is 0 Å². The Hall–Kier alpha value is -3.97. The molecule has 3 aliphatic heterocycles. The molecule has 0 amide bonds. The highest BCUT2D eigenvalue weighted by Crippen LogP contribution is 2.42. The summed E-state index contributed by atoms with van der Waals surface area (Å²) in [4.78, 5) is 15.3. The predicted molar refractivity (Wildman–Crippen MR) is 125 cm³/mol. The number of fused-ring (bicyclic) bond motifs is 4. The van der Waals surface area contributed by atoms with Crippen molar-refractivity contribution in [1.29, 1.82) is 0 Å². The van der Waals surface area contributed by atoms with Gasteiger partial charge in [-0.15, -0.1) is 0 Å². The summed E-state index contributed by atoms with van der Waals surface area (Å²) in [6.07, 6.45) is 2.56. The zero-order valence-corrected chi connectivity index (χ0v) is 18.7. The Bertz CT molecular complexity index is 1310. The number of carbonyl (C=O) groups excluding carboxylic acids is 1. The highest BCUT2D eigenvalue weighted by molar-refractivity contribution is 6.15. The monoisotopic (exact) mass is 457 g/mol. The minimum absolute atomic E-state index is 0.137. The van der Waals surface area contributed by atoms with Crippen LogP contribution in [-0.4, -0.2) is 37.9 Å². The lowest BCUT2D eigenvalue weighted by molar-refractivity contribution is 0.0948. The minimum atomic E-state index is -0.137. The van der Waals surface area contributed by atoms with Crippen molar-refractivity contribution in [2.24, 2.45) is 0 Å². The van der Waals surface area contributed by atoms with Crippen LogP contribution in [0.3, 0.4) is 0 Å². The van der Waals surface area contributed by atoms with E-state index in [1.807, 2.05) is 42.5 Å². The van der Waals surface area contributed by atoms with Crippen LogP contribution < -0.4 is 23.7 Å². The Morgan fingerprint density at radius 1 is 1.00 bits per heavy atom. The molecule has 3 heterocycles. The summed E-state index contributed by atoms with van der Waals surface area (Å²) in [6.45, 7) is 2.11. The maximum atomic E-state index is 13.1. The lowest BCUT2D eigenvalue weighted by Crippen LogP contribution is -2.33. The van der Waals surface area contributed by atoms with Gasteiger partial charge in [-0.3, -0.25) is 9.69 Å². The van der Waals surface area contributed by atoms with E-state index in [-0.39, 0.29) is 18.3 Å². The molecule has 0 saturated carbocycles. The Morgan fingerprint density at radius 2 is 1.85 bits per heavy atom. The number of allylic oxidation sites excluding steroid dienone is 1. The van der Waals surface area contributed by atoms with Crippen molar-refractivity contribution in [3.8, 4) is 28.7 Å². The minimum Gasteiger partial charge on any atom is -0.496 e. The number of ketones is 1. The molecule has 0 bridgehead atoms. The van der Waals surface area contributed by atoms with E-state index in [9.17, 15) is 4.79 Å². The van der Waals surface area contributed by atoms with Crippen LogP contribution in [0.15, 0.2) is 60.4 Å². The second-order valence-electron chi connectivity index (χ2n) is 8.36. The molecule has 0 atom stereocenters. The maximum Gasteiger partial charge on any atom is 0.231 e. The molecule has 0 saturated heterocycles. The van der Waals surface area contributed by atoms with Crippen molar-refractivity contribution >= 4 is 11.9 Å². The molecule has 7 heteroatoms. The molecule has 0 radical (unpaired) electrons. The highest BCUT2D eigenvalue weighted by atomic mass is 16.7. The van der Waals surface area contributed by atoms with Crippen LogP contribution in [0.5, 0.6) is 28.7 Å². The van der Waals surface area contributed by atoms with Crippen LogP contribution in [0.25, 0.3) is 6.08 Å². The van der Waals surface area contributed by atoms with Gasteiger partial charge in [0.05, 0.1) is 18.2 Å². The summed E-state index contributed by atoms with van der Waals surface area (Å²) >= 11 is 0. The molecule has 0 aromatic heterocycles. The van der Waals surface area contributed by atoms with Gasteiger partial charge in [-0.2, -0.15) is 0 Å². The van der Waals surface area contributed by atoms with Crippen LogP contribution in [0.2, 0.25) is 0 Å². The predicted octanol–water partition coefficient (Wildman–Crippen LogP) is 4.43. The first-order valence-electron chi connectivity index (χ1n) is 11.2. The molecule has 0 unspecified atom stereocenters. The fraction of sp³-hybridized carbons (Fsp3) is 0.222. The maximum absolute atomic E-state index is 13.1. The lowest BCUT2D eigenvalue weighted by atomic mass is 10.0. The van der Waals surface area contributed by atoms with Gasteiger partial charge in [-0.1, -0.05) is 24.3 Å². The number of ether oxygens (including phenoxy) is 5. The van der Waals surface area contributed by atoms with Gasteiger partial charge in [0.2, 0.25) is 12.6 Å².